The van der Waals surface area contributed by atoms with E-state index in [1.165, 1.54) is 11.3 Å². The molecule has 0 aliphatic rings. The van der Waals surface area contributed by atoms with Crippen LogP contribution in [-0.4, -0.2) is 22.6 Å². The van der Waals surface area contributed by atoms with Crippen LogP contribution >= 0.6 is 11.3 Å². The van der Waals surface area contributed by atoms with Gasteiger partial charge in [0.2, 0.25) is 0 Å². The molecule has 0 aliphatic carbocycles. The zero-order chi connectivity index (χ0) is 25.6. The molecule has 0 spiro atoms. The summed E-state index contributed by atoms with van der Waals surface area (Å²) in [4.78, 5) is 19.3. The van der Waals surface area contributed by atoms with Crippen molar-refractivity contribution in [1.82, 2.24) is 9.38 Å². The average Bonchev–Trinajstić information content (AvgIpc) is 3.45. The van der Waals surface area contributed by atoms with E-state index in [1.54, 1.807) is 4.40 Å². The Labute approximate surface area is 220 Å². The molecule has 0 unspecified atom stereocenters. The number of thiazole rings is 1. The zero-order valence-corrected chi connectivity index (χ0v) is 22.0. The van der Waals surface area contributed by atoms with Gasteiger partial charge in [0.15, 0.2) is 16.5 Å². The summed E-state index contributed by atoms with van der Waals surface area (Å²) in [6.45, 7) is 5.33. The predicted molar refractivity (Wildman–Crippen MR) is 152 cm³/mol. The van der Waals surface area contributed by atoms with Crippen molar-refractivity contribution in [3.05, 3.63) is 99.3 Å². The van der Waals surface area contributed by atoms with E-state index >= 15 is 0 Å². The van der Waals surface area contributed by atoms with Crippen LogP contribution in [0.4, 0.5) is 0 Å². The van der Waals surface area contributed by atoms with Gasteiger partial charge >= 0.3 is 0 Å². The molecule has 37 heavy (non-hydrogen) atoms. The lowest BCUT2D eigenvalue weighted by Gasteiger charge is -2.12. The highest BCUT2D eigenvalue weighted by molar-refractivity contribution is 7.15. The molecule has 188 valence electrons. The monoisotopic (exact) mass is 510 g/mol. The Morgan fingerprint density at radius 1 is 0.865 bits per heavy atom. The van der Waals surface area contributed by atoms with Crippen molar-refractivity contribution >= 4 is 22.4 Å². The summed E-state index contributed by atoms with van der Waals surface area (Å²) in [5.74, 6) is 1.43. The highest BCUT2D eigenvalue weighted by Crippen LogP contribution is 2.33. The van der Waals surface area contributed by atoms with Crippen molar-refractivity contribution in [1.29, 1.82) is 0 Å². The van der Waals surface area contributed by atoms with Gasteiger partial charge in [-0.25, -0.2) is 9.38 Å². The standard InChI is InChI=1S/C31H30N2O3S/c1-3-5-12-19-36-25-18-17-22(20-26(25)35-4-2)21-27-30(34)33-29(24-15-10-7-11-16-24)28(32-31(33)37-27)23-13-8-6-9-14-23/h6-11,13-18,20-21H,3-5,12,19H2,1-2H3/b27-21-. The summed E-state index contributed by atoms with van der Waals surface area (Å²) in [5, 5.41) is 0. The first kappa shape index (κ1) is 24.8. The molecule has 2 heterocycles. The van der Waals surface area contributed by atoms with E-state index in [2.05, 4.69) is 6.92 Å². The summed E-state index contributed by atoms with van der Waals surface area (Å²) in [5.41, 5.74) is 4.37. The van der Waals surface area contributed by atoms with Gasteiger partial charge in [0.1, 0.15) is 0 Å². The minimum Gasteiger partial charge on any atom is -0.490 e. The first-order chi connectivity index (χ1) is 18.2. The summed E-state index contributed by atoms with van der Waals surface area (Å²) in [7, 11) is 0. The maximum absolute atomic E-state index is 13.7. The minimum atomic E-state index is -0.0774. The lowest BCUT2D eigenvalue weighted by molar-refractivity contribution is 0.271. The lowest BCUT2D eigenvalue weighted by Crippen LogP contribution is -2.23. The van der Waals surface area contributed by atoms with Gasteiger partial charge in [-0.15, -0.1) is 0 Å². The molecule has 2 aromatic heterocycles. The number of imidazole rings is 1. The second kappa shape index (κ2) is 11.4. The number of nitrogens with zero attached hydrogens (tertiary/aromatic N) is 2. The van der Waals surface area contributed by atoms with Gasteiger partial charge < -0.3 is 9.47 Å². The second-order valence-corrected chi connectivity index (χ2v) is 9.78. The molecular formula is C31H30N2O3S. The fourth-order valence-corrected chi connectivity index (χ4v) is 5.32. The minimum absolute atomic E-state index is 0.0774. The van der Waals surface area contributed by atoms with E-state index in [-0.39, 0.29) is 5.56 Å². The van der Waals surface area contributed by atoms with Gasteiger partial charge in [0.25, 0.3) is 5.56 Å². The van der Waals surface area contributed by atoms with E-state index in [0.717, 1.165) is 53.1 Å². The Hall–Kier alpha value is -3.90. The molecule has 0 radical (unpaired) electrons. The van der Waals surface area contributed by atoms with Crippen LogP contribution in [-0.2, 0) is 0 Å². The number of aromatic nitrogens is 2. The van der Waals surface area contributed by atoms with Crippen molar-refractivity contribution in [2.75, 3.05) is 13.2 Å². The molecule has 5 nitrogen and oxygen atoms in total. The third kappa shape index (κ3) is 5.30. The Balaban J connectivity index is 1.58. The Morgan fingerprint density at radius 3 is 2.30 bits per heavy atom. The van der Waals surface area contributed by atoms with Crippen LogP contribution in [0.15, 0.2) is 83.7 Å². The molecule has 0 amide bonds. The van der Waals surface area contributed by atoms with E-state index in [1.807, 2.05) is 91.9 Å². The van der Waals surface area contributed by atoms with Crippen molar-refractivity contribution in [2.24, 2.45) is 0 Å². The average molecular weight is 511 g/mol. The van der Waals surface area contributed by atoms with Crippen molar-refractivity contribution < 1.29 is 9.47 Å². The molecule has 5 aromatic rings. The molecular weight excluding hydrogens is 480 g/mol. The highest BCUT2D eigenvalue weighted by atomic mass is 32.1. The molecule has 3 aromatic carbocycles. The van der Waals surface area contributed by atoms with Crippen LogP contribution in [0.3, 0.4) is 0 Å². The lowest BCUT2D eigenvalue weighted by atomic mass is 10.1. The zero-order valence-electron chi connectivity index (χ0n) is 21.1. The van der Waals surface area contributed by atoms with Crippen LogP contribution in [0, 0.1) is 0 Å². The first-order valence-electron chi connectivity index (χ1n) is 12.8. The smallest absolute Gasteiger partial charge is 0.274 e. The van der Waals surface area contributed by atoms with Crippen LogP contribution in [0.1, 0.15) is 38.7 Å². The van der Waals surface area contributed by atoms with Crippen molar-refractivity contribution in [2.45, 2.75) is 33.1 Å². The van der Waals surface area contributed by atoms with E-state index in [9.17, 15) is 4.79 Å². The van der Waals surface area contributed by atoms with Crippen LogP contribution in [0.25, 0.3) is 33.6 Å². The quantitative estimate of drug-likeness (QED) is 0.199. The van der Waals surface area contributed by atoms with Gasteiger partial charge in [-0.2, -0.15) is 0 Å². The number of unbranched alkanes of at least 4 members (excludes halogenated alkanes) is 2. The van der Waals surface area contributed by atoms with Crippen molar-refractivity contribution in [3.8, 4) is 34.0 Å². The fraction of sp³-hybridized carbons (Fsp3) is 0.226. The molecule has 0 N–H and O–H groups in total. The molecule has 0 saturated heterocycles. The number of hydrogen-bond donors (Lipinski definition) is 0. The number of benzene rings is 3. The molecule has 0 saturated carbocycles. The Bertz CT molecular complexity index is 1590. The number of ether oxygens (including phenoxy) is 2. The molecule has 0 fully saturated rings. The predicted octanol–water partition coefficient (Wildman–Crippen LogP) is 6.61. The van der Waals surface area contributed by atoms with Crippen molar-refractivity contribution in [3.63, 3.8) is 0 Å². The molecule has 5 rings (SSSR count). The maximum Gasteiger partial charge on any atom is 0.274 e. The second-order valence-electron chi connectivity index (χ2n) is 8.77. The maximum atomic E-state index is 13.7. The molecule has 0 bridgehead atoms. The highest BCUT2D eigenvalue weighted by Gasteiger charge is 2.20. The van der Waals surface area contributed by atoms with Gasteiger partial charge in [-0.1, -0.05) is 97.8 Å². The summed E-state index contributed by atoms with van der Waals surface area (Å²) in [6.07, 6.45) is 5.21. The van der Waals surface area contributed by atoms with Gasteiger partial charge in [-0.05, 0) is 37.1 Å². The summed E-state index contributed by atoms with van der Waals surface area (Å²) >= 11 is 1.40. The van der Waals surface area contributed by atoms with Crippen LogP contribution in [0.2, 0.25) is 0 Å². The molecule has 6 heteroatoms. The Kier molecular flexibility index (Phi) is 7.66. The van der Waals surface area contributed by atoms with Crippen LogP contribution in [0.5, 0.6) is 11.5 Å². The number of fused-ring (bicyclic) bond motifs is 1. The Morgan fingerprint density at radius 2 is 1.59 bits per heavy atom. The largest absolute Gasteiger partial charge is 0.490 e. The first-order valence-corrected chi connectivity index (χ1v) is 13.6. The van der Waals surface area contributed by atoms with Gasteiger partial charge in [0, 0.05) is 11.1 Å². The van der Waals surface area contributed by atoms with Gasteiger partial charge in [-0.3, -0.25) is 4.79 Å². The van der Waals surface area contributed by atoms with Gasteiger partial charge in [0.05, 0.1) is 29.1 Å². The number of hydrogen-bond acceptors (Lipinski definition) is 5. The fourth-order valence-electron chi connectivity index (χ4n) is 4.35. The van der Waals surface area contributed by atoms with Crippen LogP contribution < -0.4 is 19.6 Å². The number of rotatable bonds is 10. The summed E-state index contributed by atoms with van der Waals surface area (Å²) < 4.78 is 14.2. The third-order valence-corrected chi connectivity index (χ3v) is 7.10. The van der Waals surface area contributed by atoms with E-state index in [4.69, 9.17) is 14.5 Å². The molecule has 0 atom stereocenters. The third-order valence-electron chi connectivity index (χ3n) is 6.13. The normalized spacial score (nSPS) is 11.8. The topological polar surface area (TPSA) is 52.8 Å². The molecule has 0 aliphatic heterocycles. The SMILES string of the molecule is CCCCCOc1ccc(/C=c2\sc3nc(-c4ccccc4)c(-c4ccccc4)n3c2=O)cc1OCC. The summed E-state index contributed by atoms with van der Waals surface area (Å²) in [6, 6.07) is 25.8. The van der Waals surface area contributed by atoms with E-state index < -0.39 is 0 Å². The van der Waals surface area contributed by atoms with E-state index in [0.29, 0.717) is 28.5 Å².